The number of anilines is 1. The standard InChI is InChI=1S/C22H30N2O3S.C13H13NO.C8H16N2O2S/c1-2-24-13-22(14-24)10-17(11-22)28(26,27)12-20(25)23-21-18-7-3-5-15(18)9-16-6-4-8-19(16)21;14-8-15-13-11-5-1-3-9(11)7-10-4-2-6-12(10)13;1-2-10-5-8(6-10)3-7(4-8)13(9,11)12/h9,17H,2-8,10-14H2,1H3,(H,23,25);7H,1-6H2;7H,2-6H2,1H3,(H2,9,11,12). The molecule has 2 aromatic carbocycles. The molecule has 1 amide bonds. The number of fused-ring (bicyclic) bond motifs is 4. The molecule has 0 atom stereocenters. The van der Waals surface area contributed by atoms with Crippen LogP contribution in [-0.4, -0.2) is 88.1 Å². The minimum absolute atomic E-state index is 0.214. The van der Waals surface area contributed by atoms with Crippen LogP contribution in [0.15, 0.2) is 12.1 Å². The summed E-state index contributed by atoms with van der Waals surface area (Å²) >= 11 is 0. The van der Waals surface area contributed by atoms with Crippen molar-refractivity contribution in [3.05, 3.63) is 56.6 Å². The third-order valence-corrected chi connectivity index (χ3v) is 17.7. The highest BCUT2D eigenvalue weighted by atomic mass is 32.2. The Morgan fingerprint density at radius 1 is 0.732 bits per heavy atom. The molecule has 2 spiro atoms. The zero-order valence-corrected chi connectivity index (χ0v) is 34.9. The zero-order valence-electron chi connectivity index (χ0n) is 33.3. The summed E-state index contributed by atoms with van der Waals surface area (Å²) in [6.07, 6.45) is 18.1. The number of likely N-dealkylation sites (tertiary alicyclic amines) is 2. The second-order valence-electron chi connectivity index (χ2n) is 18.2. The van der Waals surface area contributed by atoms with Gasteiger partial charge in [-0.15, -0.1) is 5.26 Å². The molecule has 56 heavy (non-hydrogen) atoms. The number of sulfone groups is 1. The average Bonchev–Trinajstić information content (AvgIpc) is 3.89. The van der Waals surface area contributed by atoms with E-state index in [0.717, 1.165) is 141 Å². The van der Waals surface area contributed by atoms with E-state index in [9.17, 15) is 21.6 Å². The van der Waals surface area contributed by atoms with Gasteiger partial charge in [-0.2, -0.15) is 0 Å². The molecule has 0 bridgehead atoms. The van der Waals surface area contributed by atoms with Gasteiger partial charge in [0.05, 0.1) is 10.5 Å². The van der Waals surface area contributed by atoms with Crippen molar-refractivity contribution in [2.75, 3.05) is 50.3 Å². The summed E-state index contributed by atoms with van der Waals surface area (Å²) < 4.78 is 52.7. The molecule has 2 aromatic rings. The maximum atomic E-state index is 12.8. The fourth-order valence-corrected chi connectivity index (χ4v) is 14.5. The van der Waals surface area contributed by atoms with Crippen molar-refractivity contribution in [2.45, 2.75) is 127 Å². The fraction of sp³-hybridized carbons (Fsp3) is 0.674. The quantitative estimate of drug-likeness (QED) is 0.358. The highest BCUT2D eigenvalue weighted by molar-refractivity contribution is 7.92. The van der Waals surface area contributed by atoms with Crippen molar-refractivity contribution in [1.29, 1.82) is 5.26 Å². The molecule has 13 heteroatoms. The predicted molar refractivity (Wildman–Crippen MR) is 218 cm³/mol. The first-order valence-electron chi connectivity index (χ1n) is 21.1. The first-order chi connectivity index (χ1) is 26.7. The van der Waals surface area contributed by atoms with Crippen molar-refractivity contribution in [3.63, 3.8) is 0 Å². The smallest absolute Gasteiger partial charge is 0.292 e. The Balaban J connectivity index is 0.000000132. The normalized spacial score (nSPS) is 22.8. The van der Waals surface area contributed by atoms with Gasteiger partial charge in [0.15, 0.2) is 9.84 Å². The number of nitrogens with two attached hydrogens (primary N) is 1. The van der Waals surface area contributed by atoms with E-state index in [0.29, 0.717) is 5.41 Å². The summed E-state index contributed by atoms with van der Waals surface area (Å²) in [6, 6.07) is 4.66. The van der Waals surface area contributed by atoms with Crippen LogP contribution in [0.25, 0.3) is 0 Å². The van der Waals surface area contributed by atoms with Crippen LogP contribution in [0.5, 0.6) is 5.75 Å². The molecule has 0 aromatic heterocycles. The topological polar surface area (TPSA) is 163 Å². The van der Waals surface area contributed by atoms with Crippen LogP contribution in [-0.2, 0) is 76.0 Å². The number of benzene rings is 2. The van der Waals surface area contributed by atoms with E-state index < -0.39 is 19.9 Å². The maximum absolute atomic E-state index is 12.8. The number of sulfonamides is 1. The van der Waals surface area contributed by atoms with E-state index >= 15 is 0 Å². The Hall–Kier alpha value is -3.02. The van der Waals surface area contributed by atoms with E-state index in [1.54, 1.807) is 0 Å². The van der Waals surface area contributed by atoms with E-state index in [1.165, 1.54) is 57.3 Å². The number of carbonyl (C=O) groups excluding carboxylic acids is 1. The lowest BCUT2D eigenvalue weighted by Gasteiger charge is -2.58. The highest BCUT2D eigenvalue weighted by Crippen LogP contribution is 2.51. The molecule has 0 radical (unpaired) electrons. The van der Waals surface area contributed by atoms with E-state index in [2.05, 4.69) is 41.1 Å². The van der Waals surface area contributed by atoms with E-state index in [4.69, 9.17) is 15.1 Å². The molecule has 2 aliphatic heterocycles. The Kier molecular flexibility index (Phi) is 10.9. The highest BCUT2D eigenvalue weighted by Gasteiger charge is 2.56. The number of carbonyl (C=O) groups is 1. The Bertz CT molecular complexity index is 2070. The predicted octanol–water partition coefficient (Wildman–Crippen LogP) is 4.78. The van der Waals surface area contributed by atoms with Crippen LogP contribution in [0.2, 0.25) is 0 Å². The van der Waals surface area contributed by atoms with Gasteiger partial charge in [-0.05, 0) is 171 Å². The number of nitriles is 1. The van der Waals surface area contributed by atoms with Gasteiger partial charge in [-0.1, -0.05) is 26.0 Å². The molecule has 304 valence electrons. The monoisotopic (exact) mass is 805 g/mol. The largest absolute Gasteiger partial charge is 0.387 e. The molecule has 0 unspecified atom stereocenters. The van der Waals surface area contributed by atoms with E-state index in [-0.39, 0.29) is 27.6 Å². The third-order valence-electron chi connectivity index (χ3n) is 14.4. The van der Waals surface area contributed by atoms with Crippen LogP contribution in [0.4, 0.5) is 5.69 Å². The third kappa shape index (κ3) is 7.66. The Labute approximate surface area is 333 Å². The molecular weight excluding hydrogens is 747 g/mol. The lowest BCUT2D eigenvalue weighted by atomic mass is 9.63. The molecule has 6 aliphatic carbocycles. The number of hydrogen-bond donors (Lipinski definition) is 2. The van der Waals surface area contributed by atoms with Gasteiger partial charge in [0, 0.05) is 31.9 Å². The number of primary sulfonamides is 1. The molecule has 8 aliphatic rings. The van der Waals surface area contributed by atoms with Crippen molar-refractivity contribution in [1.82, 2.24) is 9.80 Å². The first-order valence-corrected chi connectivity index (χ1v) is 24.4. The Morgan fingerprint density at radius 3 is 1.55 bits per heavy atom. The first kappa shape index (κ1) is 39.8. The number of nitrogens with one attached hydrogen (secondary N) is 1. The van der Waals surface area contributed by atoms with Gasteiger partial charge in [0.25, 0.3) is 6.26 Å². The van der Waals surface area contributed by atoms with Gasteiger partial charge < -0.3 is 19.9 Å². The van der Waals surface area contributed by atoms with Gasteiger partial charge >= 0.3 is 0 Å². The number of amides is 1. The fourth-order valence-electron chi connectivity index (χ4n) is 11.4. The second kappa shape index (κ2) is 15.3. The zero-order chi connectivity index (χ0) is 39.5. The minimum atomic E-state index is -3.37. The van der Waals surface area contributed by atoms with Crippen LogP contribution in [0.3, 0.4) is 0 Å². The van der Waals surface area contributed by atoms with Gasteiger partial charge in [-0.25, -0.2) is 22.0 Å². The summed E-state index contributed by atoms with van der Waals surface area (Å²) in [5.41, 5.74) is 12.1. The number of hydrogen-bond acceptors (Lipinski definition) is 9. The summed E-state index contributed by atoms with van der Waals surface area (Å²) in [5, 5.41) is 16.2. The minimum Gasteiger partial charge on any atom is -0.387 e. The molecule has 4 fully saturated rings. The van der Waals surface area contributed by atoms with Crippen molar-refractivity contribution in [2.24, 2.45) is 16.0 Å². The molecule has 11 nitrogen and oxygen atoms in total. The van der Waals surface area contributed by atoms with Crippen LogP contribution < -0.4 is 15.2 Å². The van der Waals surface area contributed by atoms with Crippen molar-refractivity contribution in [3.8, 4) is 12.0 Å². The van der Waals surface area contributed by atoms with Gasteiger partial charge in [0.1, 0.15) is 11.5 Å². The van der Waals surface area contributed by atoms with E-state index in [1.807, 2.05) is 6.26 Å². The molecule has 2 saturated carbocycles. The molecular formula is C43H59N5O6S2. The van der Waals surface area contributed by atoms with Crippen LogP contribution >= 0.6 is 0 Å². The SMILES string of the molecule is CCN1CC2(CC(S(=O)(=O)CC(=O)Nc3c4c(cc5c3CCC5)CCC4)C2)C1.CCN1CC2(CC(S(N)(=O)=O)C2)C1.N#COc1c2c(cc3c1CCC3)CCC2. The number of aryl methyl sites for hydroxylation is 4. The van der Waals surface area contributed by atoms with Gasteiger partial charge in [-0.3, -0.25) is 4.79 Å². The summed E-state index contributed by atoms with van der Waals surface area (Å²) in [7, 11) is -6.63. The van der Waals surface area contributed by atoms with Crippen LogP contribution in [0.1, 0.15) is 110 Å². The van der Waals surface area contributed by atoms with Crippen LogP contribution in [0, 0.1) is 22.3 Å². The maximum Gasteiger partial charge on any atom is 0.292 e. The number of rotatable bonds is 8. The molecule has 2 heterocycles. The summed E-state index contributed by atoms with van der Waals surface area (Å²) in [4.78, 5) is 17.4. The Morgan fingerprint density at radius 2 is 1.14 bits per heavy atom. The summed E-state index contributed by atoms with van der Waals surface area (Å²) in [6.45, 7) is 10.5. The number of ether oxygens (including phenoxy) is 1. The summed E-state index contributed by atoms with van der Waals surface area (Å²) in [5.74, 6) is 0.183. The lowest BCUT2D eigenvalue weighted by Crippen LogP contribution is -2.65. The lowest BCUT2D eigenvalue weighted by molar-refractivity contribution is -0.114. The van der Waals surface area contributed by atoms with Crippen molar-refractivity contribution >= 4 is 31.5 Å². The average molecular weight is 806 g/mol. The van der Waals surface area contributed by atoms with Crippen molar-refractivity contribution < 1.29 is 26.4 Å². The molecule has 10 rings (SSSR count). The molecule has 3 N–H and O–H groups in total. The van der Waals surface area contributed by atoms with Gasteiger partial charge in [0.2, 0.25) is 15.9 Å². The molecule has 2 saturated heterocycles. The number of nitrogens with zero attached hydrogens (tertiary/aromatic N) is 3. The second-order valence-corrected chi connectivity index (χ2v) is 22.4.